The predicted molar refractivity (Wildman–Crippen MR) is 44.2 cm³/mol. The highest BCUT2D eigenvalue weighted by Gasteiger charge is 2.01. The lowest BCUT2D eigenvalue weighted by Crippen LogP contribution is -1.88. The largest absolute Gasteiger partial charge is 0.302 e. The van der Waals surface area contributed by atoms with E-state index in [0.717, 1.165) is 11.8 Å². The molecule has 0 aliphatic heterocycles. The van der Waals surface area contributed by atoms with Crippen LogP contribution < -0.4 is 0 Å². The van der Waals surface area contributed by atoms with Crippen molar-refractivity contribution in [2.24, 2.45) is 0 Å². The smallest absolute Gasteiger partial charge is 0.138 e. The normalized spacial score (nSPS) is 12.5. The van der Waals surface area contributed by atoms with E-state index in [-0.39, 0.29) is 4.83 Å². The zero-order valence-corrected chi connectivity index (χ0v) is 6.91. The lowest BCUT2D eigenvalue weighted by Gasteiger charge is -1.98. The number of alkyl halides is 1. The van der Waals surface area contributed by atoms with Crippen LogP contribution in [0.2, 0.25) is 0 Å². The maximum atomic E-state index is 10.3. The Hall–Kier alpha value is -0.630. The molecule has 0 spiro atoms. The zero-order chi connectivity index (χ0) is 7.40. The molecule has 0 saturated heterocycles. The van der Waals surface area contributed by atoms with Gasteiger partial charge in [0, 0.05) is 0 Å². The van der Waals surface area contributed by atoms with Crippen LogP contribution in [0.1, 0.15) is 10.4 Å². The van der Waals surface area contributed by atoms with Crippen molar-refractivity contribution in [2.75, 3.05) is 0 Å². The first-order chi connectivity index (χ1) is 4.84. The molecule has 52 valence electrons. The van der Waals surface area contributed by atoms with Crippen LogP contribution in [0.4, 0.5) is 0 Å². The molecule has 0 unspecified atom stereocenters. The first kappa shape index (κ1) is 7.48. The van der Waals surface area contributed by atoms with Gasteiger partial charge in [-0.05, 0) is 5.56 Å². The van der Waals surface area contributed by atoms with Crippen molar-refractivity contribution in [1.82, 2.24) is 0 Å². The average molecular weight is 199 g/mol. The van der Waals surface area contributed by atoms with Gasteiger partial charge in [-0.1, -0.05) is 46.3 Å². The number of rotatable bonds is 2. The van der Waals surface area contributed by atoms with Crippen molar-refractivity contribution in [1.29, 1.82) is 0 Å². The highest BCUT2D eigenvalue weighted by molar-refractivity contribution is 9.09. The standard InChI is InChI=1S/C8H7BrO/c9-8(6-10)7-4-2-1-3-5-7/h1-6,8H/t8-/m0/s1. The van der Waals surface area contributed by atoms with Gasteiger partial charge in [0.25, 0.3) is 0 Å². The number of aldehydes is 1. The van der Waals surface area contributed by atoms with E-state index in [9.17, 15) is 4.79 Å². The molecule has 0 saturated carbocycles. The minimum atomic E-state index is -0.159. The van der Waals surface area contributed by atoms with Gasteiger partial charge in [-0.3, -0.25) is 0 Å². The number of carbonyl (C=O) groups is 1. The maximum absolute atomic E-state index is 10.3. The van der Waals surface area contributed by atoms with E-state index in [1.54, 1.807) is 0 Å². The molecule has 0 N–H and O–H groups in total. The van der Waals surface area contributed by atoms with Gasteiger partial charge in [0.15, 0.2) is 0 Å². The number of hydrogen-bond acceptors (Lipinski definition) is 1. The van der Waals surface area contributed by atoms with Crippen molar-refractivity contribution in [2.45, 2.75) is 4.83 Å². The van der Waals surface area contributed by atoms with Crippen LogP contribution in [0, 0.1) is 0 Å². The van der Waals surface area contributed by atoms with Crippen molar-refractivity contribution < 1.29 is 4.79 Å². The molecule has 0 amide bonds. The van der Waals surface area contributed by atoms with Crippen molar-refractivity contribution in [3.63, 3.8) is 0 Å². The highest BCUT2D eigenvalue weighted by Crippen LogP contribution is 2.18. The molecule has 0 radical (unpaired) electrons. The summed E-state index contributed by atoms with van der Waals surface area (Å²) >= 11 is 3.22. The first-order valence-corrected chi connectivity index (χ1v) is 3.90. The molecule has 0 aliphatic carbocycles. The number of carbonyl (C=O) groups excluding carboxylic acids is 1. The number of benzene rings is 1. The molecule has 1 nitrogen and oxygen atoms in total. The molecule has 0 aliphatic rings. The SMILES string of the molecule is O=C[C@H](Br)c1ccccc1. The predicted octanol–water partition coefficient (Wildman–Crippen LogP) is 2.32. The van der Waals surface area contributed by atoms with Crippen LogP contribution in [0.5, 0.6) is 0 Å². The molecule has 1 rings (SSSR count). The summed E-state index contributed by atoms with van der Waals surface area (Å²) in [5.74, 6) is 0. The average Bonchev–Trinajstić information content (AvgIpc) is 2.05. The first-order valence-electron chi connectivity index (χ1n) is 2.99. The molecule has 0 aromatic heterocycles. The van der Waals surface area contributed by atoms with Crippen molar-refractivity contribution >= 4 is 22.2 Å². The lowest BCUT2D eigenvalue weighted by molar-refractivity contribution is -0.107. The zero-order valence-electron chi connectivity index (χ0n) is 5.33. The molecule has 1 aromatic rings. The molecule has 0 heterocycles. The highest BCUT2D eigenvalue weighted by atomic mass is 79.9. The van der Waals surface area contributed by atoms with Crippen LogP contribution in [0.25, 0.3) is 0 Å². The summed E-state index contributed by atoms with van der Waals surface area (Å²) in [7, 11) is 0. The van der Waals surface area contributed by atoms with Gasteiger partial charge >= 0.3 is 0 Å². The van der Waals surface area contributed by atoms with Gasteiger partial charge in [0.05, 0.1) is 4.83 Å². The topological polar surface area (TPSA) is 17.1 Å². The Morgan fingerprint density at radius 1 is 1.30 bits per heavy atom. The van der Waals surface area contributed by atoms with Crippen molar-refractivity contribution in [3.8, 4) is 0 Å². The van der Waals surface area contributed by atoms with E-state index in [0.29, 0.717) is 0 Å². The quantitative estimate of drug-likeness (QED) is 0.527. The summed E-state index contributed by atoms with van der Waals surface area (Å²) in [6.07, 6.45) is 0.870. The summed E-state index contributed by atoms with van der Waals surface area (Å²) in [6, 6.07) is 9.57. The monoisotopic (exact) mass is 198 g/mol. The summed E-state index contributed by atoms with van der Waals surface area (Å²) in [5.41, 5.74) is 0.998. The van der Waals surface area contributed by atoms with E-state index >= 15 is 0 Å². The maximum Gasteiger partial charge on any atom is 0.138 e. The minimum Gasteiger partial charge on any atom is -0.302 e. The molecule has 1 aromatic carbocycles. The van der Waals surface area contributed by atoms with Gasteiger partial charge in [0.2, 0.25) is 0 Å². The second kappa shape index (κ2) is 3.52. The third-order valence-corrected chi connectivity index (χ3v) is 1.98. The van der Waals surface area contributed by atoms with Gasteiger partial charge in [0.1, 0.15) is 6.29 Å². The van der Waals surface area contributed by atoms with E-state index in [4.69, 9.17) is 0 Å². The van der Waals surface area contributed by atoms with Crippen molar-refractivity contribution in [3.05, 3.63) is 35.9 Å². The Balaban J connectivity index is 2.84. The third kappa shape index (κ3) is 1.67. The fraction of sp³-hybridized carbons (Fsp3) is 0.125. The number of hydrogen-bond donors (Lipinski definition) is 0. The number of halogens is 1. The molecular formula is C8H7BrO. The molecular weight excluding hydrogens is 192 g/mol. The Bertz CT molecular complexity index is 208. The van der Waals surface area contributed by atoms with Crippen LogP contribution in [-0.4, -0.2) is 6.29 Å². The minimum absolute atomic E-state index is 0.159. The summed E-state index contributed by atoms with van der Waals surface area (Å²) in [6.45, 7) is 0. The summed E-state index contributed by atoms with van der Waals surface area (Å²) in [5, 5.41) is 0. The van der Waals surface area contributed by atoms with Gasteiger partial charge in [-0.15, -0.1) is 0 Å². The van der Waals surface area contributed by atoms with E-state index < -0.39 is 0 Å². The Morgan fingerprint density at radius 2 is 1.90 bits per heavy atom. The van der Waals surface area contributed by atoms with Crippen LogP contribution in [-0.2, 0) is 4.79 Å². The Morgan fingerprint density at radius 3 is 2.40 bits per heavy atom. The van der Waals surface area contributed by atoms with E-state index in [2.05, 4.69) is 15.9 Å². The molecule has 10 heavy (non-hydrogen) atoms. The second-order valence-corrected chi connectivity index (χ2v) is 2.94. The third-order valence-electron chi connectivity index (χ3n) is 1.24. The summed E-state index contributed by atoms with van der Waals surface area (Å²) in [4.78, 5) is 10.1. The Kier molecular flexibility index (Phi) is 2.63. The van der Waals surface area contributed by atoms with Gasteiger partial charge in [-0.25, -0.2) is 0 Å². The van der Waals surface area contributed by atoms with Crippen LogP contribution in [0.15, 0.2) is 30.3 Å². The van der Waals surface area contributed by atoms with E-state index in [1.165, 1.54) is 0 Å². The van der Waals surface area contributed by atoms with E-state index in [1.807, 2.05) is 30.3 Å². The Labute approximate surface area is 68.2 Å². The lowest BCUT2D eigenvalue weighted by atomic mass is 10.2. The molecule has 2 heteroatoms. The fourth-order valence-electron chi connectivity index (χ4n) is 0.715. The molecule has 1 atom stereocenters. The van der Waals surface area contributed by atoms with Gasteiger partial charge in [-0.2, -0.15) is 0 Å². The molecule has 0 bridgehead atoms. The van der Waals surface area contributed by atoms with Crippen LogP contribution >= 0.6 is 15.9 Å². The fourth-order valence-corrected chi connectivity index (χ4v) is 1.02. The molecule has 0 fully saturated rings. The van der Waals surface area contributed by atoms with Gasteiger partial charge < -0.3 is 4.79 Å². The van der Waals surface area contributed by atoms with Crippen LogP contribution in [0.3, 0.4) is 0 Å². The second-order valence-electron chi connectivity index (χ2n) is 1.95. The summed E-state index contributed by atoms with van der Waals surface area (Å²) < 4.78 is 0.